The molecule has 0 unspecified atom stereocenters. The third-order valence-corrected chi connectivity index (χ3v) is 3.24. The minimum Gasteiger partial charge on any atom is -0.322 e. The Bertz CT molecular complexity index is 623. The molecule has 0 aliphatic heterocycles. The van der Waals surface area contributed by atoms with Crippen molar-refractivity contribution < 1.29 is 4.79 Å². The van der Waals surface area contributed by atoms with Crippen LogP contribution in [-0.2, 0) is 4.79 Å². The van der Waals surface area contributed by atoms with Gasteiger partial charge >= 0.3 is 0 Å². The molecule has 1 aromatic heterocycles. The summed E-state index contributed by atoms with van der Waals surface area (Å²) in [5, 5.41) is 3.55. The van der Waals surface area contributed by atoms with Crippen LogP contribution in [-0.4, -0.2) is 22.1 Å². The third-order valence-electron chi connectivity index (χ3n) is 2.66. The van der Waals surface area contributed by atoms with Crippen LogP contribution >= 0.6 is 11.8 Å². The lowest BCUT2D eigenvalue weighted by Gasteiger charge is -2.05. The monoisotopic (exact) mass is 285 g/mol. The van der Waals surface area contributed by atoms with Gasteiger partial charge in [-0.2, -0.15) is 0 Å². The van der Waals surface area contributed by atoms with E-state index in [1.165, 1.54) is 17.8 Å². The van der Waals surface area contributed by atoms with Crippen LogP contribution in [0.15, 0.2) is 47.9 Å². The van der Waals surface area contributed by atoms with E-state index in [1.807, 2.05) is 37.4 Å². The second-order valence-electron chi connectivity index (χ2n) is 4.14. The number of carbonyl (C=O) groups excluding carboxylic acids is 1. The number of para-hydroxylation sites is 1. The first-order valence-corrected chi connectivity index (χ1v) is 7.32. The Morgan fingerprint density at radius 2 is 1.95 bits per heavy atom. The predicted molar refractivity (Wildman–Crippen MR) is 82.7 cm³/mol. The van der Waals surface area contributed by atoms with E-state index in [0.29, 0.717) is 5.16 Å². The summed E-state index contributed by atoms with van der Waals surface area (Å²) >= 11 is 1.48. The van der Waals surface area contributed by atoms with Crippen molar-refractivity contribution in [3.8, 4) is 0 Å². The molecule has 5 heteroatoms. The van der Waals surface area contributed by atoms with E-state index < -0.39 is 0 Å². The van der Waals surface area contributed by atoms with Crippen molar-refractivity contribution in [3.05, 3.63) is 53.9 Å². The average molecular weight is 285 g/mol. The summed E-state index contributed by atoms with van der Waals surface area (Å²) in [5.41, 5.74) is 2.64. The van der Waals surface area contributed by atoms with Crippen LogP contribution in [0.2, 0.25) is 0 Å². The van der Waals surface area contributed by atoms with Crippen molar-refractivity contribution in [2.75, 3.05) is 11.6 Å². The maximum atomic E-state index is 11.8. The smallest absolute Gasteiger partial charge is 0.248 e. The maximum absolute atomic E-state index is 11.8. The predicted octanol–water partition coefficient (Wildman–Crippen LogP) is 3.16. The van der Waals surface area contributed by atoms with Gasteiger partial charge in [-0.3, -0.25) is 4.79 Å². The number of aromatic nitrogens is 2. The molecule has 0 bridgehead atoms. The molecule has 1 heterocycles. The summed E-state index contributed by atoms with van der Waals surface area (Å²) in [6, 6.07) is 7.65. The zero-order chi connectivity index (χ0) is 14.4. The molecule has 1 amide bonds. The van der Waals surface area contributed by atoms with Crippen LogP contribution in [0.5, 0.6) is 0 Å². The summed E-state index contributed by atoms with van der Waals surface area (Å²) < 4.78 is 0. The number of nitrogens with zero attached hydrogens (tertiary/aromatic N) is 2. The van der Waals surface area contributed by atoms with Crippen molar-refractivity contribution in [1.82, 2.24) is 9.97 Å². The molecule has 2 aromatic rings. The fourth-order valence-corrected chi connectivity index (χ4v) is 1.89. The average Bonchev–Trinajstić information content (AvgIpc) is 2.48. The summed E-state index contributed by atoms with van der Waals surface area (Å²) in [4.78, 5) is 20.1. The quantitative estimate of drug-likeness (QED) is 0.532. The lowest BCUT2D eigenvalue weighted by Crippen LogP contribution is -2.08. The van der Waals surface area contributed by atoms with Crippen molar-refractivity contribution >= 4 is 29.4 Å². The lowest BCUT2D eigenvalue weighted by atomic mass is 10.2. The Balaban J connectivity index is 2.00. The number of carbonyl (C=O) groups is 1. The van der Waals surface area contributed by atoms with Gasteiger partial charge in [0.15, 0.2) is 5.16 Å². The Morgan fingerprint density at radius 3 is 2.60 bits per heavy atom. The number of benzene rings is 1. The van der Waals surface area contributed by atoms with Gasteiger partial charge in [0.05, 0.1) is 0 Å². The number of aryl methyl sites for hydroxylation is 1. The molecule has 0 fully saturated rings. The molecule has 0 saturated heterocycles. The van der Waals surface area contributed by atoms with E-state index in [9.17, 15) is 4.79 Å². The number of rotatable bonds is 4. The molecular weight excluding hydrogens is 270 g/mol. The molecule has 0 spiro atoms. The third kappa shape index (κ3) is 3.93. The van der Waals surface area contributed by atoms with Gasteiger partial charge in [0.2, 0.25) is 5.91 Å². The number of nitrogens with one attached hydrogen (secondary N) is 1. The zero-order valence-electron chi connectivity index (χ0n) is 11.3. The molecule has 0 radical (unpaired) electrons. The van der Waals surface area contributed by atoms with E-state index in [4.69, 9.17) is 0 Å². The van der Waals surface area contributed by atoms with Crippen molar-refractivity contribution in [2.24, 2.45) is 0 Å². The second-order valence-corrected chi connectivity index (χ2v) is 4.91. The first-order chi connectivity index (χ1) is 9.69. The van der Waals surface area contributed by atoms with Crippen molar-refractivity contribution in [2.45, 2.75) is 12.1 Å². The minimum atomic E-state index is -0.173. The molecule has 0 atom stereocenters. The highest BCUT2D eigenvalue weighted by Gasteiger charge is 2.00. The Morgan fingerprint density at radius 1 is 1.25 bits per heavy atom. The lowest BCUT2D eigenvalue weighted by molar-refractivity contribution is -0.111. The van der Waals surface area contributed by atoms with Gasteiger partial charge < -0.3 is 5.32 Å². The molecule has 2 rings (SSSR count). The highest BCUT2D eigenvalue weighted by Crippen LogP contribution is 2.13. The van der Waals surface area contributed by atoms with Crippen LogP contribution in [0.4, 0.5) is 5.69 Å². The number of hydrogen-bond donors (Lipinski definition) is 1. The van der Waals surface area contributed by atoms with Gasteiger partial charge in [0, 0.05) is 29.7 Å². The van der Waals surface area contributed by atoms with Gasteiger partial charge in [-0.1, -0.05) is 30.0 Å². The fourth-order valence-electron chi connectivity index (χ4n) is 1.58. The molecule has 0 aliphatic carbocycles. The summed E-state index contributed by atoms with van der Waals surface area (Å²) in [6.45, 7) is 1.95. The van der Waals surface area contributed by atoms with Crippen LogP contribution in [0.3, 0.4) is 0 Å². The van der Waals surface area contributed by atoms with Gasteiger partial charge in [0.1, 0.15) is 0 Å². The Kier molecular flexibility index (Phi) is 4.90. The van der Waals surface area contributed by atoms with E-state index in [-0.39, 0.29) is 5.91 Å². The normalized spacial score (nSPS) is 10.7. The largest absolute Gasteiger partial charge is 0.322 e. The van der Waals surface area contributed by atoms with Crippen molar-refractivity contribution in [1.29, 1.82) is 0 Å². The van der Waals surface area contributed by atoms with E-state index in [1.54, 1.807) is 18.5 Å². The molecule has 0 aliphatic rings. The van der Waals surface area contributed by atoms with E-state index >= 15 is 0 Å². The molecule has 4 nitrogen and oxygen atoms in total. The first kappa shape index (κ1) is 14.3. The second kappa shape index (κ2) is 6.86. The fraction of sp³-hybridized carbons (Fsp3) is 0.133. The van der Waals surface area contributed by atoms with Crippen LogP contribution in [0.1, 0.15) is 11.1 Å². The van der Waals surface area contributed by atoms with Crippen LogP contribution < -0.4 is 5.32 Å². The maximum Gasteiger partial charge on any atom is 0.248 e. The van der Waals surface area contributed by atoms with E-state index in [2.05, 4.69) is 15.3 Å². The molecule has 20 heavy (non-hydrogen) atoms. The van der Waals surface area contributed by atoms with Crippen molar-refractivity contribution in [3.63, 3.8) is 0 Å². The number of anilines is 1. The van der Waals surface area contributed by atoms with Crippen LogP contribution in [0, 0.1) is 6.92 Å². The minimum absolute atomic E-state index is 0.173. The van der Waals surface area contributed by atoms with Gasteiger partial charge in [-0.25, -0.2) is 9.97 Å². The summed E-state index contributed by atoms with van der Waals surface area (Å²) in [6.07, 6.45) is 8.47. The topological polar surface area (TPSA) is 54.9 Å². The SMILES string of the molecule is CSc1ncc(/C=C/C(=O)Nc2ccccc2C)cn1. The molecule has 1 aromatic carbocycles. The van der Waals surface area contributed by atoms with Gasteiger partial charge in [-0.05, 0) is 30.9 Å². The van der Waals surface area contributed by atoms with Crippen LogP contribution in [0.25, 0.3) is 6.08 Å². The molecule has 1 N–H and O–H groups in total. The first-order valence-electron chi connectivity index (χ1n) is 6.10. The van der Waals surface area contributed by atoms with Gasteiger partial charge in [0.25, 0.3) is 0 Å². The molecule has 0 saturated carbocycles. The highest BCUT2D eigenvalue weighted by atomic mass is 32.2. The number of hydrogen-bond acceptors (Lipinski definition) is 4. The Labute approximate surface area is 122 Å². The molecular formula is C15H15N3OS. The highest BCUT2D eigenvalue weighted by molar-refractivity contribution is 7.98. The standard InChI is InChI=1S/C15H15N3OS/c1-11-5-3-4-6-13(11)18-14(19)8-7-12-9-16-15(20-2)17-10-12/h3-10H,1-2H3,(H,18,19)/b8-7+. The molecule has 102 valence electrons. The van der Waals surface area contributed by atoms with Gasteiger partial charge in [-0.15, -0.1) is 0 Å². The zero-order valence-corrected chi connectivity index (χ0v) is 12.1. The number of thioether (sulfide) groups is 1. The number of amides is 1. The van der Waals surface area contributed by atoms with E-state index in [0.717, 1.165) is 16.8 Å². The Hall–Kier alpha value is -2.14. The summed E-state index contributed by atoms with van der Waals surface area (Å²) in [7, 11) is 0. The summed E-state index contributed by atoms with van der Waals surface area (Å²) in [5.74, 6) is -0.173.